The maximum Gasteiger partial charge on any atom is 0.321 e. The predicted octanol–water partition coefficient (Wildman–Crippen LogP) is -0.811. The zero-order valence-electron chi connectivity index (χ0n) is 10.3. The van der Waals surface area contributed by atoms with Gasteiger partial charge in [-0.3, -0.25) is 19.7 Å². The summed E-state index contributed by atoms with van der Waals surface area (Å²) in [6.45, 7) is 2.76. The molecule has 0 aromatic heterocycles. The van der Waals surface area contributed by atoms with Crippen molar-refractivity contribution in [1.82, 2.24) is 10.6 Å². The number of aliphatic carboxylic acids is 1. The van der Waals surface area contributed by atoms with Crippen molar-refractivity contribution in [3.8, 4) is 0 Å². The molecule has 4 amide bonds. The third-order valence-electron chi connectivity index (χ3n) is 2.09. The fourth-order valence-electron chi connectivity index (χ4n) is 0.991. The van der Waals surface area contributed by atoms with E-state index in [4.69, 9.17) is 10.8 Å². The second kappa shape index (κ2) is 6.58. The molecule has 8 nitrogen and oxygen atoms in total. The maximum absolute atomic E-state index is 11.3. The Hall–Kier alpha value is -2.12. The molecular weight excluding hydrogens is 242 g/mol. The van der Waals surface area contributed by atoms with Crippen LogP contribution in [0.5, 0.6) is 0 Å². The van der Waals surface area contributed by atoms with E-state index in [1.807, 2.05) is 5.32 Å². The molecule has 8 heteroatoms. The Morgan fingerprint density at radius 2 is 1.78 bits per heavy atom. The van der Waals surface area contributed by atoms with Gasteiger partial charge in [-0.2, -0.15) is 0 Å². The lowest BCUT2D eigenvalue weighted by atomic mass is 9.89. The molecule has 0 saturated carbocycles. The van der Waals surface area contributed by atoms with Crippen LogP contribution in [0.4, 0.5) is 4.79 Å². The molecule has 0 atom stereocenters. The van der Waals surface area contributed by atoms with Crippen LogP contribution in [0.15, 0.2) is 0 Å². The minimum absolute atomic E-state index is 0.0107. The molecule has 0 fully saturated rings. The zero-order chi connectivity index (χ0) is 14.3. The topological polar surface area (TPSA) is 139 Å². The van der Waals surface area contributed by atoms with Gasteiger partial charge in [-0.1, -0.05) is 0 Å². The number of hydrogen-bond donors (Lipinski definition) is 4. The van der Waals surface area contributed by atoms with Crippen molar-refractivity contribution in [1.29, 1.82) is 0 Å². The van der Waals surface area contributed by atoms with Gasteiger partial charge in [-0.25, -0.2) is 4.79 Å². The quantitative estimate of drug-likeness (QED) is 0.494. The molecule has 5 N–H and O–H groups in total. The van der Waals surface area contributed by atoms with Crippen molar-refractivity contribution >= 4 is 23.8 Å². The lowest BCUT2D eigenvalue weighted by Crippen LogP contribution is -2.42. The average Bonchev–Trinajstić information content (AvgIpc) is 2.14. The van der Waals surface area contributed by atoms with Crippen LogP contribution in [0.1, 0.15) is 26.7 Å². The van der Waals surface area contributed by atoms with Crippen molar-refractivity contribution in [3.63, 3.8) is 0 Å². The summed E-state index contributed by atoms with van der Waals surface area (Å²) >= 11 is 0. The minimum Gasteiger partial charge on any atom is -0.481 e. The van der Waals surface area contributed by atoms with E-state index in [0.717, 1.165) is 0 Å². The van der Waals surface area contributed by atoms with Crippen molar-refractivity contribution in [2.24, 2.45) is 11.1 Å². The van der Waals surface area contributed by atoms with E-state index < -0.39 is 29.2 Å². The molecular formula is C10H17N3O5. The average molecular weight is 259 g/mol. The number of carbonyl (C=O) groups excluding carboxylic acids is 3. The monoisotopic (exact) mass is 259 g/mol. The first-order valence-electron chi connectivity index (χ1n) is 5.24. The molecule has 0 aliphatic carbocycles. The number of carboxylic acid groups (broad SMARTS) is 1. The number of nitrogens with one attached hydrogen (secondary N) is 2. The SMILES string of the molecule is CC(C)(CC(=O)NC(=O)NCCC(N)=O)C(=O)O. The molecule has 0 unspecified atom stereocenters. The fourth-order valence-corrected chi connectivity index (χ4v) is 0.991. The fraction of sp³-hybridized carbons (Fsp3) is 0.600. The van der Waals surface area contributed by atoms with Gasteiger partial charge in [0.15, 0.2) is 0 Å². The molecule has 0 heterocycles. The van der Waals surface area contributed by atoms with Gasteiger partial charge in [-0.15, -0.1) is 0 Å². The van der Waals surface area contributed by atoms with Gasteiger partial charge in [0.1, 0.15) is 0 Å². The Morgan fingerprint density at radius 1 is 1.22 bits per heavy atom. The Morgan fingerprint density at radius 3 is 2.22 bits per heavy atom. The molecule has 0 saturated heterocycles. The number of amides is 4. The normalized spacial score (nSPS) is 10.6. The maximum atomic E-state index is 11.3. The van der Waals surface area contributed by atoms with Crippen LogP contribution >= 0.6 is 0 Å². The van der Waals surface area contributed by atoms with Crippen LogP contribution in [0.25, 0.3) is 0 Å². The van der Waals surface area contributed by atoms with E-state index in [1.165, 1.54) is 13.8 Å². The number of primary amides is 1. The van der Waals surface area contributed by atoms with Gasteiger partial charge in [0, 0.05) is 19.4 Å². The van der Waals surface area contributed by atoms with Gasteiger partial charge in [0.2, 0.25) is 11.8 Å². The Bertz CT molecular complexity index is 365. The smallest absolute Gasteiger partial charge is 0.321 e. The summed E-state index contributed by atoms with van der Waals surface area (Å²) in [6, 6.07) is -0.789. The van der Waals surface area contributed by atoms with Crippen LogP contribution in [0.3, 0.4) is 0 Å². The van der Waals surface area contributed by atoms with Gasteiger partial charge in [0.05, 0.1) is 5.41 Å². The first-order chi connectivity index (χ1) is 8.15. The summed E-state index contributed by atoms with van der Waals surface area (Å²) < 4.78 is 0. The highest BCUT2D eigenvalue weighted by atomic mass is 16.4. The second-order valence-electron chi connectivity index (χ2n) is 4.39. The number of nitrogens with two attached hydrogens (primary N) is 1. The minimum atomic E-state index is -1.25. The van der Waals surface area contributed by atoms with Crippen molar-refractivity contribution in [3.05, 3.63) is 0 Å². The first-order valence-corrected chi connectivity index (χ1v) is 5.24. The first kappa shape index (κ1) is 15.9. The van der Waals surface area contributed by atoms with Crippen LogP contribution in [0, 0.1) is 5.41 Å². The molecule has 0 spiro atoms. The molecule has 0 aliphatic rings. The highest BCUT2D eigenvalue weighted by molar-refractivity contribution is 5.96. The molecule has 0 rings (SSSR count). The largest absolute Gasteiger partial charge is 0.481 e. The third kappa shape index (κ3) is 6.46. The lowest BCUT2D eigenvalue weighted by Gasteiger charge is -2.17. The predicted molar refractivity (Wildman–Crippen MR) is 61.4 cm³/mol. The van der Waals surface area contributed by atoms with E-state index in [0.29, 0.717) is 0 Å². The van der Waals surface area contributed by atoms with Crippen LogP contribution in [-0.4, -0.2) is 35.5 Å². The summed E-state index contributed by atoms with van der Waals surface area (Å²) in [7, 11) is 0. The van der Waals surface area contributed by atoms with Gasteiger partial charge in [0.25, 0.3) is 0 Å². The van der Waals surface area contributed by atoms with Crippen LogP contribution in [0.2, 0.25) is 0 Å². The lowest BCUT2D eigenvalue weighted by molar-refractivity contribution is -0.149. The van der Waals surface area contributed by atoms with Crippen LogP contribution in [-0.2, 0) is 14.4 Å². The molecule has 0 aromatic rings. The number of hydrogen-bond acceptors (Lipinski definition) is 4. The van der Waals surface area contributed by atoms with E-state index >= 15 is 0 Å². The third-order valence-corrected chi connectivity index (χ3v) is 2.09. The highest BCUT2D eigenvalue weighted by Gasteiger charge is 2.30. The molecule has 0 bridgehead atoms. The standard InChI is InChI=1S/C10H17N3O5/c1-10(2,8(16)17)5-7(15)13-9(18)12-4-3-6(11)14/h3-5H2,1-2H3,(H2,11,14)(H,16,17)(H2,12,13,15,18). The second-order valence-corrected chi connectivity index (χ2v) is 4.39. The van der Waals surface area contributed by atoms with Crippen LogP contribution < -0.4 is 16.4 Å². The number of carbonyl (C=O) groups is 4. The van der Waals surface area contributed by atoms with E-state index in [1.54, 1.807) is 0 Å². The van der Waals surface area contributed by atoms with Gasteiger partial charge < -0.3 is 16.2 Å². The van der Waals surface area contributed by atoms with Crippen molar-refractivity contribution < 1.29 is 24.3 Å². The number of imide groups is 1. The van der Waals surface area contributed by atoms with E-state index in [9.17, 15) is 19.2 Å². The zero-order valence-corrected chi connectivity index (χ0v) is 10.3. The molecule has 0 aromatic carbocycles. The summed E-state index contributed by atoms with van der Waals surface area (Å²) in [5.74, 6) is -2.42. The highest BCUT2D eigenvalue weighted by Crippen LogP contribution is 2.19. The number of urea groups is 1. The summed E-state index contributed by atoms with van der Waals surface area (Å²) in [5, 5.41) is 13.0. The van der Waals surface area contributed by atoms with Gasteiger partial charge in [-0.05, 0) is 13.8 Å². The Kier molecular flexibility index (Phi) is 5.80. The number of carboxylic acids is 1. The summed E-state index contributed by atoms with van der Waals surface area (Å²) in [4.78, 5) is 43.6. The van der Waals surface area contributed by atoms with Gasteiger partial charge >= 0.3 is 12.0 Å². The van der Waals surface area contributed by atoms with Crippen molar-refractivity contribution in [2.75, 3.05) is 6.54 Å². The number of rotatable bonds is 6. The Balaban J connectivity index is 4.05. The Labute approximate surface area is 104 Å². The molecule has 102 valence electrons. The van der Waals surface area contributed by atoms with E-state index in [2.05, 4.69) is 5.32 Å². The summed E-state index contributed by atoms with van der Waals surface area (Å²) in [5.41, 5.74) is 3.60. The molecule has 18 heavy (non-hydrogen) atoms. The summed E-state index contributed by atoms with van der Waals surface area (Å²) in [6.07, 6.45) is -0.367. The molecule has 0 aliphatic heterocycles. The molecule has 0 radical (unpaired) electrons. The van der Waals surface area contributed by atoms with E-state index in [-0.39, 0.29) is 19.4 Å². The van der Waals surface area contributed by atoms with Crippen molar-refractivity contribution in [2.45, 2.75) is 26.7 Å².